The fraction of sp³-hybridized carbons (Fsp3) is 0.438. The van der Waals surface area contributed by atoms with Crippen LogP contribution in [0.15, 0.2) is 24.3 Å². The van der Waals surface area contributed by atoms with Gasteiger partial charge in [-0.05, 0) is 49.5 Å². The summed E-state index contributed by atoms with van der Waals surface area (Å²) in [5.74, 6) is 0.560. The zero-order valence-corrected chi connectivity index (χ0v) is 12.5. The Kier molecular flexibility index (Phi) is 5.35. The Bertz CT molecular complexity index is 556. The molecule has 0 spiro atoms. The Hall–Kier alpha value is -2.11. The van der Waals surface area contributed by atoms with Crippen LogP contribution in [0.2, 0.25) is 0 Å². The molecule has 0 unspecified atom stereocenters. The molecule has 1 aliphatic carbocycles. The minimum absolute atomic E-state index is 0.0403. The van der Waals surface area contributed by atoms with Gasteiger partial charge in [0.2, 0.25) is 5.91 Å². The number of ether oxygens (including phenoxy) is 2. The SMILES string of the molecule is COc1cc(/C=C/C(=O)N[C@H](C)C2CC2)ccc1OC(F)F. The highest BCUT2D eigenvalue weighted by atomic mass is 19.3. The van der Waals surface area contributed by atoms with E-state index in [1.54, 1.807) is 12.1 Å². The average Bonchev–Trinajstić information content (AvgIpc) is 3.30. The second kappa shape index (κ2) is 7.24. The molecule has 1 amide bonds. The van der Waals surface area contributed by atoms with Crippen molar-refractivity contribution in [2.24, 2.45) is 5.92 Å². The van der Waals surface area contributed by atoms with Crippen molar-refractivity contribution < 1.29 is 23.0 Å². The molecule has 0 bridgehead atoms. The van der Waals surface area contributed by atoms with Crippen molar-refractivity contribution in [3.63, 3.8) is 0 Å². The van der Waals surface area contributed by atoms with Crippen molar-refractivity contribution in [3.8, 4) is 11.5 Å². The van der Waals surface area contributed by atoms with Gasteiger partial charge in [-0.15, -0.1) is 0 Å². The summed E-state index contributed by atoms with van der Waals surface area (Å²) in [6.07, 6.45) is 5.34. The van der Waals surface area contributed by atoms with Crippen LogP contribution < -0.4 is 14.8 Å². The molecule has 1 saturated carbocycles. The van der Waals surface area contributed by atoms with E-state index in [0.29, 0.717) is 11.5 Å². The first-order valence-electron chi connectivity index (χ1n) is 7.11. The summed E-state index contributed by atoms with van der Waals surface area (Å²) in [4.78, 5) is 11.8. The van der Waals surface area contributed by atoms with Gasteiger partial charge in [-0.3, -0.25) is 4.79 Å². The Labute approximate surface area is 128 Å². The van der Waals surface area contributed by atoms with E-state index in [-0.39, 0.29) is 23.4 Å². The largest absolute Gasteiger partial charge is 0.493 e. The summed E-state index contributed by atoms with van der Waals surface area (Å²) >= 11 is 0. The summed E-state index contributed by atoms with van der Waals surface area (Å²) in [5.41, 5.74) is 0.660. The molecule has 0 aromatic heterocycles. The lowest BCUT2D eigenvalue weighted by Crippen LogP contribution is -2.32. The third-order valence-corrected chi connectivity index (χ3v) is 3.53. The normalized spacial score (nSPS) is 15.9. The molecule has 0 saturated heterocycles. The molecule has 0 heterocycles. The monoisotopic (exact) mass is 311 g/mol. The van der Waals surface area contributed by atoms with Gasteiger partial charge in [0.05, 0.1) is 7.11 Å². The number of amides is 1. The Morgan fingerprint density at radius 2 is 2.09 bits per heavy atom. The van der Waals surface area contributed by atoms with Crippen molar-refractivity contribution in [2.75, 3.05) is 7.11 Å². The zero-order chi connectivity index (χ0) is 16.1. The van der Waals surface area contributed by atoms with Crippen LogP contribution in [0.5, 0.6) is 11.5 Å². The van der Waals surface area contributed by atoms with Gasteiger partial charge in [0, 0.05) is 12.1 Å². The summed E-state index contributed by atoms with van der Waals surface area (Å²) in [6, 6.07) is 4.67. The number of carbonyl (C=O) groups excluding carboxylic acids is 1. The fourth-order valence-electron chi connectivity index (χ4n) is 2.14. The van der Waals surface area contributed by atoms with Crippen LogP contribution in [0.3, 0.4) is 0 Å². The van der Waals surface area contributed by atoms with Crippen molar-refractivity contribution in [1.29, 1.82) is 0 Å². The van der Waals surface area contributed by atoms with Crippen LogP contribution in [-0.2, 0) is 4.79 Å². The van der Waals surface area contributed by atoms with E-state index in [2.05, 4.69) is 10.1 Å². The van der Waals surface area contributed by atoms with Crippen molar-refractivity contribution in [2.45, 2.75) is 32.4 Å². The van der Waals surface area contributed by atoms with Gasteiger partial charge in [-0.1, -0.05) is 6.07 Å². The van der Waals surface area contributed by atoms with Crippen LogP contribution >= 0.6 is 0 Å². The highest BCUT2D eigenvalue weighted by molar-refractivity contribution is 5.92. The molecular weight excluding hydrogens is 292 g/mol. The molecule has 1 aromatic rings. The lowest BCUT2D eigenvalue weighted by atomic mass is 10.1. The van der Waals surface area contributed by atoms with Gasteiger partial charge in [-0.25, -0.2) is 0 Å². The maximum absolute atomic E-state index is 12.2. The van der Waals surface area contributed by atoms with E-state index in [4.69, 9.17) is 4.74 Å². The van der Waals surface area contributed by atoms with Crippen molar-refractivity contribution in [1.82, 2.24) is 5.32 Å². The molecule has 22 heavy (non-hydrogen) atoms. The summed E-state index contributed by atoms with van der Waals surface area (Å²) in [5, 5.41) is 2.90. The molecule has 1 atom stereocenters. The first-order chi connectivity index (χ1) is 10.5. The summed E-state index contributed by atoms with van der Waals surface area (Å²) in [7, 11) is 1.37. The zero-order valence-electron chi connectivity index (χ0n) is 12.5. The number of methoxy groups -OCH3 is 1. The highest BCUT2D eigenvalue weighted by Gasteiger charge is 2.28. The number of halogens is 2. The van der Waals surface area contributed by atoms with Gasteiger partial charge < -0.3 is 14.8 Å². The minimum atomic E-state index is -2.91. The van der Waals surface area contributed by atoms with E-state index in [9.17, 15) is 13.6 Å². The van der Waals surface area contributed by atoms with Crippen LogP contribution in [-0.4, -0.2) is 25.7 Å². The number of rotatable bonds is 7. The smallest absolute Gasteiger partial charge is 0.387 e. The lowest BCUT2D eigenvalue weighted by Gasteiger charge is -2.11. The van der Waals surface area contributed by atoms with Gasteiger partial charge in [0.25, 0.3) is 0 Å². The van der Waals surface area contributed by atoms with Crippen LogP contribution in [0.25, 0.3) is 6.08 Å². The van der Waals surface area contributed by atoms with Crippen molar-refractivity contribution in [3.05, 3.63) is 29.8 Å². The number of nitrogens with one attached hydrogen (secondary N) is 1. The van der Waals surface area contributed by atoms with Crippen molar-refractivity contribution >= 4 is 12.0 Å². The second-order valence-corrected chi connectivity index (χ2v) is 5.26. The van der Waals surface area contributed by atoms with E-state index in [1.807, 2.05) is 6.92 Å². The van der Waals surface area contributed by atoms with Gasteiger partial charge >= 0.3 is 6.61 Å². The molecule has 1 aliphatic rings. The Morgan fingerprint density at radius 1 is 1.36 bits per heavy atom. The van der Waals surface area contributed by atoms with Gasteiger partial charge in [0.15, 0.2) is 11.5 Å². The molecule has 1 N–H and O–H groups in total. The number of hydrogen-bond acceptors (Lipinski definition) is 3. The first-order valence-corrected chi connectivity index (χ1v) is 7.11. The third kappa shape index (κ3) is 4.72. The molecule has 2 rings (SSSR count). The Balaban J connectivity index is 1.99. The summed E-state index contributed by atoms with van der Waals surface area (Å²) < 4.78 is 33.8. The molecule has 120 valence electrons. The molecule has 0 aliphatic heterocycles. The van der Waals surface area contributed by atoms with Crippen LogP contribution in [0.1, 0.15) is 25.3 Å². The predicted octanol–water partition coefficient (Wildman–Crippen LogP) is 3.22. The highest BCUT2D eigenvalue weighted by Crippen LogP contribution is 2.32. The number of hydrogen-bond donors (Lipinski definition) is 1. The van der Waals surface area contributed by atoms with E-state index >= 15 is 0 Å². The number of benzene rings is 1. The molecule has 1 aromatic carbocycles. The topological polar surface area (TPSA) is 47.6 Å². The molecular formula is C16H19F2NO3. The lowest BCUT2D eigenvalue weighted by molar-refractivity contribution is -0.117. The number of carbonyl (C=O) groups is 1. The van der Waals surface area contributed by atoms with Gasteiger partial charge in [-0.2, -0.15) is 8.78 Å². The predicted molar refractivity (Wildman–Crippen MR) is 79.0 cm³/mol. The summed E-state index contributed by atoms with van der Waals surface area (Å²) in [6.45, 7) is -0.923. The van der Waals surface area contributed by atoms with Crippen LogP contribution in [0.4, 0.5) is 8.78 Å². The molecule has 1 fully saturated rings. The third-order valence-electron chi connectivity index (χ3n) is 3.53. The quantitative estimate of drug-likeness (QED) is 0.787. The molecule has 6 heteroatoms. The number of alkyl halides is 2. The van der Waals surface area contributed by atoms with E-state index < -0.39 is 6.61 Å². The van der Waals surface area contributed by atoms with Gasteiger partial charge in [0.1, 0.15) is 0 Å². The maximum Gasteiger partial charge on any atom is 0.387 e. The maximum atomic E-state index is 12.2. The van der Waals surface area contributed by atoms with E-state index in [1.165, 1.54) is 25.3 Å². The van der Waals surface area contributed by atoms with Crippen LogP contribution in [0, 0.1) is 5.92 Å². The molecule has 0 radical (unpaired) electrons. The average molecular weight is 311 g/mol. The minimum Gasteiger partial charge on any atom is -0.493 e. The Morgan fingerprint density at radius 3 is 2.68 bits per heavy atom. The molecule has 4 nitrogen and oxygen atoms in total. The standard InChI is InChI=1S/C16H19F2NO3/c1-10(12-5-6-12)19-15(20)8-4-11-3-7-13(22-16(17)18)14(9-11)21-2/h3-4,7-10,12,16H,5-6H2,1-2H3,(H,19,20)/b8-4+/t10-/m1/s1. The van der Waals surface area contributed by atoms with E-state index in [0.717, 1.165) is 12.8 Å². The second-order valence-electron chi connectivity index (χ2n) is 5.26. The fourth-order valence-corrected chi connectivity index (χ4v) is 2.14. The first kappa shape index (κ1) is 16.3.